The van der Waals surface area contributed by atoms with Gasteiger partial charge in [-0.25, -0.2) is 4.39 Å². The number of carbonyl (C=O) groups excluding carboxylic acids is 1. The first kappa shape index (κ1) is 16.2. The molecular weight excluding hydrogens is 339 g/mol. The molecule has 2 heterocycles. The number of rotatable bonds is 2. The molecule has 1 aliphatic carbocycles. The molecule has 5 nitrogen and oxygen atoms in total. The van der Waals surface area contributed by atoms with E-state index in [9.17, 15) is 9.18 Å². The van der Waals surface area contributed by atoms with Crippen LogP contribution < -0.4 is 0 Å². The second-order valence-corrected chi connectivity index (χ2v) is 7.33. The normalized spacial score (nSPS) is 22.9. The van der Waals surface area contributed by atoms with E-state index in [2.05, 4.69) is 10.1 Å². The van der Waals surface area contributed by atoms with Crippen LogP contribution in [0, 0.1) is 17.1 Å². The highest BCUT2D eigenvalue weighted by atomic mass is 32.2. The van der Waals surface area contributed by atoms with E-state index in [1.54, 1.807) is 18.2 Å². The molecule has 1 fully saturated rings. The molecule has 1 amide bonds. The lowest BCUT2D eigenvalue weighted by Gasteiger charge is -2.20. The van der Waals surface area contributed by atoms with Gasteiger partial charge in [-0.05, 0) is 48.4 Å². The number of benzene rings is 1. The Hall–Kier alpha value is -2.28. The zero-order valence-corrected chi connectivity index (χ0v) is 14.4. The van der Waals surface area contributed by atoms with Gasteiger partial charge in [0.1, 0.15) is 10.9 Å². The average molecular weight is 356 g/mol. The van der Waals surface area contributed by atoms with Crippen LogP contribution >= 0.6 is 11.8 Å². The third-order valence-electron chi connectivity index (χ3n) is 4.61. The van der Waals surface area contributed by atoms with Crippen molar-refractivity contribution < 1.29 is 9.18 Å². The zero-order valence-electron chi connectivity index (χ0n) is 13.5. The minimum Gasteiger partial charge on any atom is -0.282 e. The van der Waals surface area contributed by atoms with Crippen LogP contribution in [0.4, 0.5) is 4.39 Å². The lowest BCUT2D eigenvalue weighted by atomic mass is 9.90. The highest BCUT2D eigenvalue weighted by Gasteiger charge is 2.37. The van der Waals surface area contributed by atoms with Crippen LogP contribution in [0.2, 0.25) is 0 Å². The van der Waals surface area contributed by atoms with Crippen molar-refractivity contribution in [1.82, 2.24) is 5.01 Å². The minimum atomic E-state index is -0.451. The Morgan fingerprint density at radius 2 is 1.92 bits per heavy atom. The van der Waals surface area contributed by atoms with Crippen LogP contribution in [0.3, 0.4) is 0 Å². The van der Waals surface area contributed by atoms with Gasteiger partial charge in [-0.3, -0.25) is 10.2 Å². The molecule has 0 bridgehead atoms. The van der Waals surface area contributed by atoms with E-state index in [0.29, 0.717) is 16.6 Å². The molecule has 0 atom stereocenters. The summed E-state index contributed by atoms with van der Waals surface area (Å²) >= 11 is 1.41. The van der Waals surface area contributed by atoms with Gasteiger partial charge in [0, 0.05) is 5.92 Å². The highest BCUT2D eigenvalue weighted by Crippen LogP contribution is 2.36. The van der Waals surface area contributed by atoms with Crippen LogP contribution in [0.1, 0.15) is 37.7 Å². The standard InChI is InChI=1S/C18H17FN4OS/c19-13-8-6-11(7-9-13)10-14-15(20)23-18(21-16(14)24)25-17(22-23)12-4-2-1-3-5-12/h6-10,12,20H,1-5H2/b14-10+,20-15?. The maximum atomic E-state index is 13.0. The average Bonchev–Trinajstić information content (AvgIpc) is 3.05. The van der Waals surface area contributed by atoms with E-state index < -0.39 is 5.91 Å². The fourth-order valence-electron chi connectivity index (χ4n) is 3.25. The number of nitrogens with one attached hydrogen (secondary N) is 1. The van der Waals surface area contributed by atoms with E-state index in [-0.39, 0.29) is 17.2 Å². The van der Waals surface area contributed by atoms with Crippen molar-refractivity contribution in [2.24, 2.45) is 16.0 Å². The molecular formula is C18H17FN4OS. The van der Waals surface area contributed by atoms with Gasteiger partial charge < -0.3 is 0 Å². The van der Waals surface area contributed by atoms with Crippen molar-refractivity contribution >= 4 is 39.8 Å². The molecule has 25 heavy (non-hydrogen) atoms. The number of carbonyl (C=O) groups is 1. The van der Waals surface area contributed by atoms with Crippen LogP contribution in [0.15, 0.2) is 39.9 Å². The van der Waals surface area contributed by atoms with Crippen LogP contribution in [-0.2, 0) is 4.79 Å². The van der Waals surface area contributed by atoms with Gasteiger partial charge in [0.05, 0.1) is 5.57 Å². The Labute approximate surface area is 149 Å². The predicted octanol–water partition coefficient (Wildman–Crippen LogP) is 4.03. The number of nitrogens with zero attached hydrogens (tertiary/aromatic N) is 3. The molecule has 1 N–H and O–H groups in total. The SMILES string of the molecule is N=C1/C(=C\c2ccc(F)cc2)C(=O)N=C2SC(C3CCCCC3)=NN12. The fraction of sp³-hybridized carbons (Fsp3) is 0.333. The molecule has 0 radical (unpaired) electrons. The minimum absolute atomic E-state index is 0.0256. The predicted molar refractivity (Wildman–Crippen MR) is 98.0 cm³/mol. The number of thioether (sulfide) groups is 1. The second-order valence-electron chi connectivity index (χ2n) is 6.34. The summed E-state index contributed by atoms with van der Waals surface area (Å²) in [5.74, 6) is -0.365. The van der Waals surface area contributed by atoms with E-state index in [4.69, 9.17) is 5.41 Å². The molecule has 7 heteroatoms. The van der Waals surface area contributed by atoms with Gasteiger partial charge in [0.15, 0.2) is 5.84 Å². The number of hydrogen-bond acceptors (Lipinski definition) is 4. The molecule has 128 valence electrons. The van der Waals surface area contributed by atoms with Crippen molar-refractivity contribution in [2.75, 3.05) is 0 Å². The lowest BCUT2D eigenvalue weighted by molar-refractivity contribution is -0.114. The van der Waals surface area contributed by atoms with Gasteiger partial charge >= 0.3 is 0 Å². The number of hydrazone groups is 1. The van der Waals surface area contributed by atoms with Crippen molar-refractivity contribution in [3.63, 3.8) is 0 Å². The van der Waals surface area contributed by atoms with Gasteiger partial charge in [0.25, 0.3) is 5.91 Å². The number of amides is 1. The van der Waals surface area contributed by atoms with Gasteiger partial charge in [0.2, 0.25) is 5.17 Å². The molecule has 4 rings (SSSR count). The van der Waals surface area contributed by atoms with Gasteiger partial charge in [-0.15, -0.1) is 0 Å². The Morgan fingerprint density at radius 3 is 2.64 bits per heavy atom. The summed E-state index contributed by atoms with van der Waals surface area (Å²) in [6.07, 6.45) is 7.42. The van der Waals surface area contributed by atoms with E-state index in [1.165, 1.54) is 48.2 Å². The van der Waals surface area contributed by atoms with Crippen molar-refractivity contribution in [3.05, 3.63) is 41.2 Å². The summed E-state index contributed by atoms with van der Waals surface area (Å²) in [7, 11) is 0. The Kier molecular flexibility index (Phi) is 4.25. The van der Waals surface area contributed by atoms with Crippen molar-refractivity contribution in [2.45, 2.75) is 32.1 Å². The lowest BCUT2D eigenvalue weighted by Crippen LogP contribution is -2.35. The third-order valence-corrected chi connectivity index (χ3v) is 5.68. The zero-order chi connectivity index (χ0) is 17.4. The summed E-state index contributed by atoms with van der Waals surface area (Å²) in [6.45, 7) is 0. The monoisotopic (exact) mass is 356 g/mol. The Morgan fingerprint density at radius 1 is 1.20 bits per heavy atom. The molecule has 1 saturated carbocycles. The first-order valence-electron chi connectivity index (χ1n) is 8.37. The maximum absolute atomic E-state index is 13.0. The second kappa shape index (κ2) is 6.55. The van der Waals surface area contributed by atoms with E-state index in [0.717, 1.165) is 17.9 Å². The number of hydrogen-bond donors (Lipinski definition) is 1. The summed E-state index contributed by atoms with van der Waals surface area (Å²) < 4.78 is 13.0. The van der Waals surface area contributed by atoms with E-state index in [1.807, 2.05) is 0 Å². The van der Waals surface area contributed by atoms with Crippen molar-refractivity contribution in [1.29, 1.82) is 5.41 Å². The smallest absolute Gasteiger partial charge is 0.282 e. The van der Waals surface area contributed by atoms with Crippen molar-refractivity contribution in [3.8, 4) is 0 Å². The van der Waals surface area contributed by atoms with Crippen LogP contribution in [0.25, 0.3) is 6.08 Å². The molecule has 0 saturated heterocycles. The van der Waals surface area contributed by atoms with E-state index >= 15 is 0 Å². The Balaban J connectivity index is 1.62. The van der Waals surface area contributed by atoms with Crippen LogP contribution in [0.5, 0.6) is 0 Å². The summed E-state index contributed by atoms with van der Waals surface area (Å²) in [6, 6.07) is 5.78. The fourth-order valence-corrected chi connectivity index (χ4v) is 4.31. The third kappa shape index (κ3) is 3.16. The largest absolute Gasteiger partial charge is 0.283 e. The summed E-state index contributed by atoms with van der Waals surface area (Å²) in [5.41, 5.74) is 0.820. The molecule has 0 spiro atoms. The molecule has 1 aromatic carbocycles. The number of aliphatic imine (C=N–C) groups is 1. The number of fused-ring (bicyclic) bond motifs is 1. The first-order valence-corrected chi connectivity index (χ1v) is 9.19. The number of amidine groups is 2. The Bertz CT molecular complexity index is 822. The molecule has 1 aromatic rings. The summed E-state index contributed by atoms with van der Waals surface area (Å²) in [4.78, 5) is 16.4. The maximum Gasteiger partial charge on any atom is 0.283 e. The first-order chi connectivity index (χ1) is 12.1. The summed E-state index contributed by atoms with van der Waals surface area (Å²) in [5, 5.41) is 15.8. The quantitative estimate of drug-likeness (QED) is 0.814. The van der Waals surface area contributed by atoms with Gasteiger partial charge in [-0.1, -0.05) is 31.4 Å². The van der Waals surface area contributed by atoms with Crippen LogP contribution in [-0.4, -0.2) is 27.0 Å². The molecule has 0 aromatic heterocycles. The molecule has 3 aliphatic rings. The molecule has 0 unspecified atom stereocenters. The van der Waals surface area contributed by atoms with Gasteiger partial charge in [-0.2, -0.15) is 15.1 Å². The topological polar surface area (TPSA) is 68.9 Å². The highest BCUT2D eigenvalue weighted by molar-refractivity contribution is 8.27. The molecule has 2 aliphatic heterocycles. The number of halogens is 1.